The molecule has 0 bridgehead atoms. The first-order valence-electron chi connectivity index (χ1n) is 7.04. The van der Waals surface area contributed by atoms with E-state index in [4.69, 9.17) is 4.74 Å². The number of anilines is 1. The van der Waals surface area contributed by atoms with E-state index < -0.39 is 5.97 Å². The van der Waals surface area contributed by atoms with Crippen LogP contribution in [0.2, 0.25) is 0 Å². The number of hydrogen-bond acceptors (Lipinski definition) is 4. The number of carbonyl (C=O) groups excluding carboxylic acids is 2. The van der Waals surface area contributed by atoms with Gasteiger partial charge in [-0.2, -0.15) is 0 Å². The summed E-state index contributed by atoms with van der Waals surface area (Å²) in [4.78, 5) is 24.9. The predicted molar refractivity (Wildman–Crippen MR) is 87.4 cm³/mol. The largest absolute Gasteiger partial charge is 0.462 e. The van der Waals surface area contributed by atoms with Crippen LogP contribution in [0.1, 0.15) is 22.2 Å². The van der Waals surface area contributed by atoms with Crippen LogP contribution in [0.5, 0.6) is 0 Å². The molecule has 0 spiro atoms. The lowest BCUT2D eigenvalue weighted by atomic mass is 10.2. The molecular formula is C16H18N2O3S. The SMILES string of the molecule is CCOC(=O)c1ccccc1NC(=O)NCCc1cccs1. The number of urea groups is 1. The first-order chi connectivity index (χ1) is 10.7. The van der Waals surface area contributed by atoms with Crippen LogP contribution in [0.15, 0.2) is 41.8 Å². The summed E-state index contributed by atoms with van der Waals surface area (Å²) < 4.78 is 4.97. The Labute approximate surface area is 133 Å². The second kappa shape index (κ2) is 8.19. The third kappa shape index (κ3) is 4.60. The number of benzene rings is 1. The van der Waals surface area contributed by atoms with Gasteiger partial charge in [0.25, 0.3) is 0 Å². The minimum Gasteiger partial charge on any atom is -0.462 e. The number of para-hydroxylation sites is 1. The highest BCUT2D eigenvalue weighted by Gasteiger charge is 2.13. The Morgan fingerprint density at radius 2 is 2.00 bits per heavy atom. The van der Waals surface area contributed by atoms with E-state index in [9.17, 15) is 9.59 Å². The van der Waals surface area contributed by atoms with Crippen LogP contribution in [0, 0.1) is 0 Å². The van der Waals surface area contributed by atoms with Gasteiger partial charge in [-0.1, -0.05) is 18.2 Å². The van der Waals surface area contributed by atoms with Crippen LogP contribution in [0.4, 0.5) is 10.5 Å². The standard InChI is InChI=1S/C16H18N2O3S/c1-2-21-15(19)13-7-3-4-8-14(13)18-16(20)17-10-9-12-6-5-11-22-12/h3-8,11H,2,9-10H2,1H3,(H2,17,18,20). The predicted octanol–water partition coefficient (Wildman–Crippen LogP) is 3.29. The van der Waals surface area contributed by atoms with Crippen LogP contribution in [-0.4, -0.2) is 25.2 Å². The number of nitrogens with one attached hydrogen (secondary N) is 2. The molecule has 2 aromatic rings. The summed E-state index contributed by atoms with van der Waals surface area (Å²) in [5, 5.41) is 7.46. The number of rotatable bonds is 6. The summed E-state index contributed by atoms with van der Waals surface area (Å²) in [6, 6.07) is 10.4. The summed E-state index contributed by atoms with van der Waals surface area (Å²) in [7, 11) is 0. The number of esters is 1. The Hall–Kier alpha value is -2.34. The Kier molecular flexibility index (Phi) is 5.97. The van der Waals surface area contributed by atoms with Crippen LogP contribution < -0.4 is 10.6 Å². The Balaban J connectivity index is 1.89. The van der Waals surface area contributed by atoms with E-state index in [0.29, 0.717) is 24.4 Å². The van der Waals surface area contributed by atoms with Crippen LogP contribution in [0.25, 0.3) is 0 Å². The fourth-order valence-corrected chi connectivity index (χ4v) is 2.61. The number of carbonyl (C=O) groups is 2. The molecule has 0 atom stereocenters. The molecular weight excluding hydrogens is 300 g/mol. The van der Waals surface area contributed by atoms with Gasteiger partial charge in [-0.05, 0) is 36.9 Å². The maximum absolute atomic E-state index is 11.9. The molecule has 2 amide bonds. The van der Waals surface area contributed by atoms with Gasteiger partial charge < -0.3 is 15.4 Å². The smallest absolute Gasteiger partial charge is 0.340 e. The molecule has 1 heterocycles. The minimum atomic E-state index is -0.447. The molecule has 0 aliphatic heterocycles. The second-order valence-electron chi connectivity index (χ2n) is 4.48. The van der Waals surface area contributed by atoms with Crippen LogP contribution in [-0.2, 0) is 11.2 Å². The van der Waals surface area contributed by atoms with Crippen molar-refractivity contribution in [3.63, 3.8) is 0 Å². The van der Waals surface area contributed by atoms with Crippen molar-refractivity contribution < 1.29 is 14.3 Å². The summed E-state index contributed by atoms with van der Waals surface area (Å²) in [6.45, 7) is 2.57. The first-order valence-corrected chi connectivity index (χ1v) is 7.92. The van der Waals surface area contributed by atoms with E-state index in [0.717, 1.165) is 6.42 Å². The molecule has 0 aliphatic carbocycles. The van der Waals surface area contributed by atoms with Crippen LogP contribution >= 0.6 is 11.3 Å². The lowest BCUT2D eigenvalue weighted by Crippen LogP contribution is -2.31. The van der Waals surface area contributed by atoms with Crippen molar-refractivity contribution in [2.45, 2.75) is 13.3 Å². The highest BCUT2D eigenvalue weighted by Crippen LogP contribution is 2.16. The Morgan fingerprint density at radius 3 is 2.73 bits per heavy atom. The van der Waals surface area contributed by atoms with Crippen LogP contribution in [0.3, 0.4) is 0 Å². The van der Waals surface area contributed by atoms with E-state index >= 15 is 0 Å². The van der Waals surface area contributed by atoms with E-state index in [1.165, 1.54) is 4.88 Å². The maximum atomic E-state index is 11.9. The number of amides is 2. The van der Waals surface area contributed by atoms with Crippen molar-refractivity contribution in [2.75, 3.05) is 18.5 Å². The summed E-state index contributed by atoms with van der Waals surface area (Å²) in [6.07, 6.45) is 0.782. The fraction of sp³-hybridized carbons (Fsp3) is 0.250. The van der Waals surface area contributed by atoms with Gasteiger partial charge in [-0.3, -0.25) is 0 Å². The van der Waals surface area contributed by atoms with Gasteiger partial charge in [0.05, 0.1) is 17.9 Å². The average Bonchev–Trinajstić information content (AvgIpc) is 3.01. The van der Waals surface area contributed by atoms with Crippen molar-refractivity contribution in [1.82, 2.24) is 5.32 Å². The molecule has 0 unspecified atom stereocenters. The van der Waals surface area contributed by atoms with Crippen molar-refractivity contribution in [2.24, 2.45) is 0 Å². The van der Waals surface area contributed by atoms with Gasteiger partial charge in [-0.25, -0.2) is 9.59 Å². The molecule has 2 rings (SSSR count). The third-order valence-electron chi connectivity index (χ3n) is 2.91. The van der Waals surface area contributed by atoms with Crippen molar-refractivity contribution in [3.8, 4) is 0 Å². The van der Waals surface area contributed by atoms with Gasteiger partial charge >= 0.3 is 12.0 Å². The minimum absolute atomic E-state index is 0.292. The lowest BCUT2D eigenvalue weighted by Gasteiger charge is -2.11. The second-order valence-corrected chi connectivity index (χ2v) is 5.51. The van der Waals surface area contributed by atoms with Gasteiger partial charge in [0.2, 0.25) is 0 Å². The van der Waals surface area contributed by atoms with Crippen molar-refractivity contribution in [3.05, 3.63) is 52.2 Å². The highest BCUT2D eigenvalue weighted by atomic mass is 32.1. The molecule has 1 aromatic carbocycles. The monoisotopic (exact) mass is 318 g/mol. The summed E-state index contributed by atoms with van der Waals surface area (Å²) in [5.74, 6) is -0.447. The molecule has 0 aliphatic rings. The molecule has 2 N–H and O–H groups in total. The van der Waals surface area contributed by atoms with E-state index in [2.05, 4.69) is 10.6 Å². The molecule has 1 aromatic heterocycles. The fourth-order valence-electron chi connectivity index (χ4n) is 1.90. The molecule has 6 heteroatoms. The maximum Gasteiger partial charge on any atom is 0.340 e. The number of ether oxygens (including phenoxy) is 1. The number of hydrogen-bond donors (Lipinski definition) is 2. The van der Waals surface area contributed by atoms with E-state index in [1.54, 1.807) is 42.5 Å². The molecule has 116 valence electrons. The topological polar surface area (TPSA) is 67.4 Å². The summed E-state index contributed by atoms with van der Waals surface area (Å²) >= 11 is 1.66. The highest BCUT2D eigenvalue weighted by molar-refractivity contribution is 7.09. The lowest BCUT2D eigenvalue weighted by molar-refractivity contribution is 0.0527. The number of thiophene rings is 1. The molecule has 0 saturated carbocycles. The quantitative estimate of drug-likeness (QED) is 0.803. The Bertz CT molecular complexity index is 626. The molecule has 0 radical (unpaired) electrons. The zero-order chi connectivity index (χ0) is 15.8. The normalized spacial score (nSPS) is 10.0. The van der Waals surface area contributed by atoms with Gasteiger partial charge in [-0.15, -0.1) is 11.3 Å². The van der Waals surface area contributed by atoms with E-state index in [1.807, 2.05) is 17.5 Å². The molecule has 22 heavy (non-hydrogen) atoms. The first kappa shape index (κ1) is 16.0. The zero-order valence-electron chi connectivity index (χ0n) is 12.3. The van der Waals surface area contributed by atoms with Gasteiger partial charge in [0.15, 0.2) is 0 Å². The van der Waals surface area contributed by atoms with Crippen molar-refractivity contribution in [1.29, 1.82) is 0 Å². The van der Waals surface area contributed by atoms with Gasteiger partial charge in [0, 0.05) is 11.4 Å². The molecule has 5 nitrogen and oxygen atoms in total. The summed E-state index contributed by atoms with van der Waals surface area (Å²) in [5.41, 5.74) is 0.785. The third-order valence-corrected chi connectivity index (χ3v) is 3.84. The molecule has 0 fully saturated rings. The van der Waals surface area contributed by atoms with E-state index in [-0.39, 0.29) is 6.03 Å². The zero-order valence-corrected chi connectivity index (χ0v) is 13.1. The molecule has 0 saturated heterocycles. The van der Waals surface area contributed by atoms with Crippen molar-refractivity contribution >= 4 is 29.0 Å². The average molecular weight is 318 g/mol. The van der Waals surface area contributed by atoms with Gasteiger partial charge in [0.1, 0.15) is 0 Å². The Morgan fingerprint density at radius 1 is 1.18 bits per heavy atom.